The molecule has 2 rings (SSSR count). The Morgan fingerprint density at radius 3 is 3.00 bits per heavy atom. The molecule has 3 N–H and O–H groups in total. The number of urea groups is 1. The highest BCUT2D eigenvalue weighted by Gasteiger charge is 2.09. The van der Waals surface area contributed by atoms with E-state index in [2.05, 4.69) is 17.6 Å². The standard InChI is InChI=1S/C16H20N2O2S2/c1-2-21-10-12-4-3-5-14(8-12)18-16(20)17-9-15(19)13-6-7-22-11-13/h3-8,11,15,19H,2,9-10H2,1H3,(H2,17,18,20). The number of carbonyl (C=O) groups excluding carboxylic acids is 1. The molecule has 0 fully saturated rings. The second-order valence-corrected chi connectivity index (χ2v) is 6.80. The van der Waals surface area contributed by atoms with Gasteiger partial charge in [-0.1, -0.05) is 19.1 Å². The highest BCUT2D eigenvalue weighted by Crippen LogP contribution is 2.17. The third-order valence-corrected chi connectivity index (χ3v) is 4.69. The first-order valence-electron chi connectivity index (χ1n) is 7.10. The minimum absolute atomic E-state index is 0.188. The molecule has 4 nitrogen and oxygen atoms in total. The van der Waals surface area contributed by atoms with Gasteiger partial charge in [-0.2, -0.15) is 23.1 Å². The van der Waals surface area contributed by atoms with Crippen LogP contribution in [0.2, 0.25) is 0 Å². The van der Waals surface area contributed by atoms with Crippen LogP contribution in [0.25, 0.3) is 0 Å². The number of aliphatic hydroxyl groups excluding tert-OH is 1. The normalized spacial score (nSPS) is 11.9. The highest BCUT2D eigenvalue weighted by atomic mass is 32.2. The van der Waals surface area contributed by atoms with Crippen molar-refractivity contribution in [2.75, 3.05) is 17.6 Å². The van der Waals surface area contributed by atoms with Gasteiger partial charge in [0, 0.05) is 18.0 Å². The smallest absolute Gasteiger partial charge is 0.319 e. The van der Waals surface area contributed by atoms with Crippen LogP contribution >= 0.6 is 23.1 Å². The van der Waals surface area contributed by atoms with Crippen LogP contribution in [-0.4, -0.2) is 23.4 Å². The van der Waals surface area contributed by atoms with Crippen LogP contribution in [0.1, 0.15) is 24.2 Å². The predicted molar refractivity (Wildman–Crippen MR) is 94.6 cm³/mol. The maximum Gasteiger partial charge on any atom is 0.319 e. The van der Waals surface area contributed by atoms with Crippen LogP contribution in [0.5, 0.6) is 0 Å². The molecule has 0 spiro atoms. The fourth-order valence-corrected chi connectivity index (χ4v) is 3.23. The van der Waals surface area contributed by atoms with Crippen molar-refractivity contribution in [3.63, 3.8) is 0 Å². The van der Waals surface area contributed by atoms with E-state index in [1.807, 2.05) is 52.9 Å². The van der Waals surface area contributed by atoms with E-state index in [0.717, 1.165) is 22.8 Å². The second kappa shape index (κ2) is 8.82. The summed E-state index contributed by atoms with van der Waals surface area (Å²) in [7, 11) is 0. The zero-order valence-corrected chi connectivity index (χ0v) is 14.0. The van der Waals surface area contributed by atoms with Crippen LogP contribution in [0.4, 0.5) is 10.5 Å². The summed E-state index contributed by atoms with van der Waals surface area (Å²) in [6, 6.07) is 9.35. The van der Waals surface area contributed by atoms with Crippen molar-refractivity contribution < 1.29 is 9.90 Å². The molecule has 1 unspecified atom stereocenters. The van der Waals surface area contributed by atoms with Gasteiger partial charge >= 0.3 is 6.03 Å². The van der Waals surface area contributed by atoms with Crippen molar-refractivity contribution in [1.82, 2.24) is 5.32 Å². The molecule has 1 atom stereocenters. The molecule has 1 aromatic heterocycles. The van der Waals surface area contributed by atoms with Crippen LogP contribution in [0.15, 0.2) is 41.1 Å². The Morgan fingerprint density at radius 1 is 1.41 bits per heavy atom. The molecule has 1 heterocycles. The van der Waals surface area contributed by atoms with E-state index >= 15 is 0 Å². The number of carbonyl (C=O) groups is 1. The summed E-state index contributed by atoms with van der Waals surface area (Å²) in [6.45, 7) is 2.31. The first-order chi connectivity index (χ1) is 10.7. The third kappa shape index (κ3) is 5.36. The third-order valence-electron chi connectivity index (χ3n) is 3.04. The number of thioether (sulfide) groups is 1. The first-order valence-corrected chi connectivity index (χ1v) is 9.20. The largest absolute Gasteiger partial charge is 0.387 e. The van der Waals surface area contributed by atoms with Gasteiger partial charge in [0.15, 0.2) is 0 Å². The molecular formula is C16H20N2O2S2. The van der Waals surface area contributed by atoms with E-state index in [-0.39, 0.29) is 12.6 Å². The molecule has 0 aliphatic rings. The number of rotatable bonds is 7. The van der Waals surface area contributed by atoms with E-state index in [9.17, 15) is 9.90 Å². The quantitative estimate of drug-likeness (QED) is 0.719. The molecule has 0 saturated carbocycles. The number of aliphatic hydroxyl groups is 1. The Morgan fingerprint density at radius 2 is 2.27 bits per heavy atom. The second-order valence-electron chi connectivity index (χ2n) is 4.75. The number of thiophene rings is 1. The molecule has 118 valence electrons. The monoisotopic (exact) mass is 336 g/mol. The zero-order valence-electron chi connectivity index (χ0n) is 12.4. The Balaban J connectivity index is 1.81. The van der Waals surface area contributed by atoms with E-state index in [4.69, 9.17) is 0 Å². The molecule has 1 aromatic carbocycles. The van der Waals surface area contributed by atoms with Crippen LogP contribution in [0, 0.1) is 0 Å². The van der Waals surface area contributed by atoms with Gasteiger partial charge in [0.1, 0.15) is 0 Å². The van der Waals surface area contributed by atoms with E-state index in [1.165, 1.54) is 16.9 Å². The summed E-state index contributed by atoms with van der Waals surface area (Å²) in [5, 5.41) is 19.2. The molecule has 0 saturated heterocycles. The number of hydrogen-bond donors (Lipinski definition) is 3. The molecule has 0 aliphatic heterocycles. The summed E-state index contributed by atoms with van der Waals surface area (Å²) in [5.74, 6) is 2.00. The van der Waals surface area contributed by atoms with Crippen molar-refractivity contribution >= 4 is 34.8 Å². The zero-order chi connectivity index (χ0) is 15.8. The maximum atomic E-state index is 11.9. The summed E-state index contributed by atoms with van der Waals surface area (Å²) in [5.41, 5.74) is 2.77. The van der Waals surface area contributed by atoms with Gasteiger partial charge in [-0.25, -0.2) is 4.79 Å². The van der Waals surface area contributed by atoms with Crippen molar-refractivity contribution in [2.45, 2.75) is 18.8 Å². The molecular weight excluding hydrogens is 316 g/mol. The van der Waals surface area contributed by atoms with E-state index in [0.29, 0.717) is 0 Å². The number of anilines is 1. The van der Waals surface area contributed by atoms with Crippen molar-refractivity contribution in [3.05, 3.63) is 52.2 Å². The molecule has 6 heteroatoms. The summed E-state index contributed by atoms with van der Waals surface area (Å²) < 4.78 is 0. The Bertz CT molecular complexity index is 588. The van der Waals surface area contributed by atoms with Gasteiger partial charge in [-0.3, -0.25) is 0 Å². The lowest BCUT2D eigenvalue weighted by atomic mass is 10.2. The Kier molecular flexibility index (Phi) is 6.76. The summed E-state index contributed by atoms with van der Waals surface area (Å²) >= 11 is 3.36. The molecule has 0 bridgehead atoms. The lowest BCUT2D eigenvalue weighted by Crippen LogP contribution is -2.32. The molecule has 2 amide bonds. The average Bonchev–Trinajstić information content (AvgIpc) is 3.05. The van der Waals surface area contributed by atoms with Gasteiger partial charge in [-0.15, -0.1) is 0 Å². The molecule has 0 aliphatic carbocycles. The van der Waals surface area contributed by atoms with E-state index in [1.54, 1.807) is 0 Å². The summed E-state index contributed by atoms with van der Waals surface area (Å²) in [4.78, 5) is 11.9. The fourth-order valence-electron chi connectivity index (χ4n) is 1.91. The topological polar surface area (TPSA) is 61.4 Å². The van der Waals surface area contributed by atoms with Crippen molar-refractivity contribution in [2.24, 2.45) is 0 Å². The minimum atomic E-state index is -0.677. The SMILES string of the molecule is CCSCc1cccc(NC(=O)NCC(O)c2ccsc2)c1. The van der Waals surface area contributed by atoms with Crippen LogP contribution < -0.4 is 10.6 Å². The lowest BCUT2D eigenvalue weighted by molar-refractivity contribution is 0.175. The number of nitrogens with one attached hydrogen (secondary N) is 2. The van der Waals surface area contributed by atoms with Gasteiger partial charge in [0.25, 0.3) is 0 Å². The van der Waals surface area contributed by atoms with Gasteiger partial charge < -0.3 is 15.7 Å². The van der Waals surface area contributed by atoms with Crippen LogP contribution in [-0.2, 0) is 5.75 Å². The molecule has 2 aromatic rings. The van der Waals surface area contributed by atoms with Gasteiger partial charge in [0.05, 0.1) is 6.10 Å². The van der Waals surface area contributed by atoms with Gasteiger partial charge in [0.2, 0.25) is 0 Å². The summed E-state index contributed by atoms with van der Waals surface area (Å²) in [6.07, 6.45) is -0.677. The number of amides is 2. The highest BCUT2D eigenvalue weighted by molar-refractivity contribution is 7.98. The Labute approximate surface area is 138 Å². The van der Waals surface area contributed by atoms with Crippen LogP contribution in [0.3, 0.4) is 0 Å². The lowest BCUT2D eigenvalue weighted by Gasteiger charge is -2.12. The number of hydrogen-bond acceptors (Lipinski definition) is 4. The minimum Gasteiger partial charge on any atom is -0.387 e. The average molecular weight is 336 g/mol. The van der Waals surface area contributed by atoms with Crippen molar-refractivity contribution in [3.8, 4) is 0 Å². The number of benzene rings is 1. The molecule has 22 heavy (non-hydrogen) atoms. The fraction of sp³-hybridized carbons (Fsp3) is 0.312. The van der Waals surface area contributed by atoms with Gasteiger partial charge in [-0.05, 0) is 45.8 Å². The molecule has 0 radical (unpaired) electrons. The predicted octanol–water partition coefficient (Wildman–Crippen LogP) is 3.86. The van der Waals surface area contributed by atoms with E-state index < -0.39 is 6.10 Å². The van der Waals surface area contributed by atoms with Crippen molar-refractivity contribution in [1.29, 1.82) is 0 Å². The maximum absolute atomic E-state index is 11.9. The first kappa shape index (κ1) is 16.9. The Hall–Kier alpha value is -1.50.